The van der Waals surface area contributed by atoms with Crippen LogP contribution in [0.4, 0.5) is 9.52 Å². The van der Waals surface area contributed by atoms with Crippen LogP contribution in [0.25, 0.3) is 11.4 Å². The highest BCUT2D eigenvalue weighted by molar-refractivity contribution is 8.00. The fraction of sp³-hybridized carbons (Fsp3) is 0.263. The molecule has 28 heavy (non-hydrogen) atoms. The fourth-order valence-corrected chi connectivity index (χ4v) is 4.13. The third-order valence-corrected chi connectivity index (χ3v) is 6.09. The maximum Gasteiger partial charge on any atom is 0.239 e. The second-order valence-electron chi connectivity index (χ2n) is 6.13. The first-order valence-electron chi connectivity index (χ1n) is 8.60. The Morgan fingerprint density at radius 1 is 1.43 bits per heavy atom. The number of benzene rings is 1. The maximum atomic E-state index is 13.6. The van der Waals surface area contributed by atoms with Crippen molar-refractivity contribution in [1.29, 1.82) is 0 Å². The highest BCUT2D eigenvalue weighted by atomic mass is 32.2. The number of carbonyl (C=O) groups excluding carboxylic acids is 1. The van der Waals surface area contributed by atoms with Crippen LogP contribution in [0.2, 0.25) is 0 Å². The molecule has 1 aromatic carbocycles. The molecule has 0 bridgehead atoms. The minimum atomic E-state index is -0.419. The molecule has 9 heteroatoms. The number of thiazole rings is 1. The van der Waals surface area contributed by atoms with Crippen molar-refractivity contribution in [2.75, 3.05) is 5.32 Å². The molecule has 0 fully saturated rings. The van der Waals surface area contributed by atoms with Gasteiger partial charge in [0.05, 0.1) is 10.9 Å². The van der Waals surface area contributed by atoms with Crippen molar-refractivity contribution in [1.82, 2.24) is 19.7 Å². The normalized spacial score (nSPS) is 12.0. The maximum absolute atomic E-state index is 13.6. The van der Waals surface area contributed by atoms with E-state index in [1.54, 1.807) is 25.1 Å². The molecular weight excluding hydrogens is 397 g/mol. The zero-order chi connectivity index (χ0) is 20.3. The molecule has 6 nitrogen and oxygen atoms in total. The molecule has 146 valence electrons. The van der Waals surface area contributed by atoms with Gasteiger partial charge < -0.3 is 5.32 Å². The Bertz CT molecular complexity index is 994. The van der Waals surface area contributed by atoms with Crippen LogP contribution in [-0.4, -0.2) is 30.9 Å². The number of anilines is 1. The monoisotopic (exact) mass is 417 g/mol. The van der Waals surface area contributed by atoms with Gasteiger partial charge in [0, 0.05) is 17.0 Å². The summed E-state index contributed by atoms with van der Waals surface area (Å²) in [4.78, 5) is 17.9. The summed E-state index contributed by atoms with van der Waals surface area (Å²) in [6.07, 6.45) is 1.71. The number of carbonyl (C=O) groups is 1. The van der Waals surface area contributed by atoms with Crippen LogP contribution in [-0.2, 0) is 11.3 Å². The molecular formula is C19H20FN5OS2. The number of halogens is 1. The number of nitrogens with one attached hydrogen (secondary N) is 1. The van der Waals surface area contributed by atoms with E-state index in [9.17, 15) is 9.18 Å². The van der Waals surface area contributed by atoms with Crippen molar-refractivity contribution in [3.05, 3.63) is 53.3 Å². The van der Waals surface area contributed by atoms with Gasteiger partial charge in [-0.2, -0.15) is 0 Å². The van der Waals surface area contributed by atoms with Crippen LogP contribution in [0.3, 0.4) is 0 Å². The summed E-state index contributed by atoms with van der Waals surface area (Å²) in [5, 5.41) is 12.0. The average Bonchev–Trinajstić information content (AvgIpc) is 3.18. The zero-order valence-corrected chi connectivity index (χ0v) is 17.4. The molecule has 1 atom stereocenters. The number of nitrogens with zero attached hydrogens (tertiary/aromatic N) is 4. The first-order valence-corrected chi connectivity index (χ1v) is 10.3. The molecule has 1 amide bonds. The van der Waals surface area contributed by atoms with E-state index >= 15 is 0 Å². The van der Waals surface area contributed by atoms with Gasteiger partial charge in [0.25, 0.3) is 0 Å². The van der Waals surface area contributed by atoms with Gasteiger partial charge in [0.15, 0.2) is 16.1 Å². The van der Waals surface area contributed by atoms with E-state index in [0.717, 1.165) is 10.6 Å². The molecule has 2 heterocycles. The van der Waals surface area contributed by atoms with Crippen molar-refractivity contribution in [3.8, 4) is 11.4 Å². The lowest BCUT2D eigenvalue weighted by molar-refractivity contribution is -0.115. The van der Waals surface area contributed by atoms with Crippen LogP contribution in [0.15, 0.2) is 42.1 Å². The van der Waals surface area contributed by atoms with E-state index in [2.05, 4.69) is 27.1 Å². The van der Waals surface area contributed by atoms with Crippen molar-refractivity contribution in [2.45, 2.75) is 37.7 Å². The van der Waals surface area contributed by atoms with Gasteiger partial charge in [-0.1, -0.05) is 30.0 Å². The van der Waals surface area contributed by atoms with Gasteiger partial charge in [0.2, 0.25) is 5.91 Å². The Hall–Kier alpha value is -2.52. The Morgan fingerprint density at radius 3 is 2.86 bits per heavy atom. The summed E-state index contributed by atoms with van der Waals surface area (Å²) < 4.78 is 15.4. The van der Waals surface area contributed by atoms with Gasteiger partial charge in [-0.15, -0.1) is 28.1 Å². The predicted octanol–water partition coefficient (Wildman–Crippen LogP) is 4.46. The van der Waals surface area contributed by atoms with E-state index in [1.165, 1.54) is 35.2 Å². The molecule has 2 aromatic heterocycles. The lowest BCUT2D eigenvalue weighted by Crippen LogP contribution is -2.22. The highest BCUT2D eigenvalue weighted by Gasteiger charge is 2.21. The molecule has 0 aliphatic carbocycles. The molecule has 1 N–H and O–H groups in total. The Balaban J connectivity index is 1.79. The summed E-state index contributed by atoms with van der Waals surface area (Å²) >= 11 is 2.73. The van der Waals surface area contributed by atoms with Gasteiger partial charge in [-0.3, -0.25) is 9.36 Å². The highest BCUT2D eigenvalue weighted by Crippen LogP contribution is 2.28. The van der Waals surface area contributed by atoms with Crippen molar-refractivity contribution >= 4 is 34.1 Å². The second-order valence-corrected chi connectivity index (χ2v) is 8.64. The van der Waals surface area contributed by atoms with Crippen molar-refractivity contribution < 1.29 is 9.18 Å². The quantitative estimate of drug-likeness (QED) is 0.454. The van der Waals surface area contributed by atoms with E-state index in [1.807, 2.05) is 18.4 Å². The molecule has 0 unspecified atom stereocenters. The number of rotatable bonds is 7. The third kappa shape index (κ3) is 4.48. The van der Waals surface area contributed by atoms with Gasteiger partial charge in [0.1, 0.15) is 5.82 Å². The van der Waals surface area contributed by atoms with Crippen LogP contribution in [0, 0.1) is 19.7 Å². The Morgan fingerprint density at radius 2 is 2.21 bits per heavy atom. The van der Waals surface area contributed by atoms with Crippen LogP contribution < -0.4 is 5.32 Å². The molecule has 3 rings (SSSR count). The molecule has 0 radical (unpaired) electrons. The second kappa shape index (κ2) is 8.66. The molecule has 3 aromatic rings. The zero-order valence-electron chi connectivity index (χ0n) is 15.8. The van der Waals surface area contributed by atoms with Crippen molar-refractivity contribution in [3.63, 3.8) is 0 Å². The largest absolute Gasteiger partial charge is 0.301 e. The van der Waals surface area contributed by atoms with E-state index in [0.29, 0.717) is 28.2 Å². The smallest absolute Gasteiger partial charge is 0.239 e. The molecule has 0 saturated heterocycles. The standard InChI is InChI=1S/C19H20FN5OS2/c1-5-9-25-16(14-7-6-8-15(20)10-14)23-24-19(25)28-13(4)17(26)22-18-21-11(2)12(3)27-18/h5-8,10,13H,1,9H2,2-4H3,(H,21,22,26)/t13-/m1/s1. The molecule has 0 saturated carbocycles. The van der Waals surface area contributed by atoms with Gasteiger partial charge >= 0.3 is 0 Å². The van der Waals surface area contributed by atoms with Crippen LogP contribution in [0.5, 0.6) is 0 Å². The van der Waals surface area contributed by atoms with Gasteiger partial charge in [-0.25, -0.2) is 9.37 Å². The average molecular weight is 418 g/mol. The summed E-state index contributed by atoms with van der Waals surface area (Å²) in [5.74, 6) is 0.0153. The number of aromatic nitrogens is 4. The number of allylic oxidation sites excluding steroid dienone is 1. The fourth-order valence-electron chi connectivity index (χ4n) is 2.46. The van der Waals surface area contributed by atoms with Gasteiger partial charge in [-0.05, 0) is 32.9 Å². The SMILES string of the molecule is C=CCn1c(S[C@H](C)C(=O)Nc2nc(C)c(C)s2)nnc1-c1cccc(F)c1. The third-order valence-electron chi connectivity index (χ3n) is 4.02. The number of hydrogen-bond donors (Lipinski definition) is 1. The van der Waals surface area contributed by atoms with E-state index in [-0.39, 0.29) is 11.7 Å². The summed E-state index contributed by atoms with van der Waals surface area (Å²) in [7, 11) is 0. The van der Waals surface area contributed by atoms with E-state index < -0.39 is 5.25 Å². The minimum Gasteiger partial charge on any atom is -0.301 e. The topological polar surface area (TPSA) is 72.7 Å². The number of hydrogen-bond acceptors (Lipinski definition) is 6. The number of thioether (sulfide) groups is 1. The summed E-state index contributed by atoms with van der Waals surface area (Å²) in [5.41, 5.74) is 1.53. The Kier molecular flexibility index (Phi) is 6.25. The van der Waals surface area contributed by atoms with Crippen molar-refractivity contribution in [2.24, 2.45) is 0 Å². The molecule has 0 aliphatic rings. The van der Waals surface area contributed by atoms with Crippen LogP contribution >= 0.6 is 23.1 Å². The number of amides is 1. The number of aryl methyl sites for hydroxylation is 2. The Labute approximate surface area is 170 Å². The lowest BCUT2D eigenvalue weighted by Gasteiger charge is -2.12. The molecule has 0 aliphatic heterocycles. The predicted molar refractivity (Wildman–Crippen MR) is 111 cm³/mol. The lowest BCUT2D eigenvalue weighted by atomic mass is 10.2. The first kappa shape index (κ1) is 20.2. The first-order chi connectivity index (χ1) is 13.4. The minimum absolute atomic E-state index is 0.167. The van der Waals surface area contributed by atoms with E-state index in [4.69, 9.17) is 0 Å². The van der Waals surface area contributed by atoms with Crippen LogP contribution in [0.1, 0.15) is 17.5 Å². The summed E-state index contributed by atoms with van der Waals surface area (Å²) in [6.45, 7) is 9.88. The summed E-state index contributed by atoms with van der Waals surface area (Å²) in [6, 6.07) is 6.17. The molecule has 0 spiro atoms.